The van der Waals surface area contributed by atoms with Crippen molar-refractivity contribution in [2.45, 2.75) is 26.3 Å². The summed E-state index contributed by atoms with van der Waals surface area (Å²) >= 11 is 0. The Balaban J connectivity index is 2.65. The molecule has 0 aliphatic rings. The van der Waals surface area contributed by atoms with E-state index in [4.69, 9.17) is 5.26 Å². The van der Waals surface area contributed by atoms with Gasteiger partial charge in [-0.05, 0) is 23.6 Å². The average Bonchev–Trinajstić information content (AvgIpc) is 2.60. The largest absolute Gasteiger partial charge is 0.251 e. The third-order valence-corrected chi connectivity index (χ3v) is 2.60. The lowest BCUT2D eigenvalue weighted by molar-refractivity contribution is 0.600. The lowest BCUT2D eigenvalue weighted by Gasteiger charge is -2.07. The minimum atomic E-state index is -0.209. The smallest absolute Gasteiger partial charge is 0.128 e. The fourth-order valence-corrected chi connectivity index (χ4v) is 1.75. The number of fused-ring (bicyclic) bond motifs is 1. The first-order valence-corrected chi connectivity index (χ1v) is 5.15. The number of halogens is 1. The van der Waals surface area contributed by atoms with Gasteiger partial charge in [-0.15, -0.1) is 0 Å². The minimum Gasteiger partial charge on any atom is -0.251 e. The van der Waals surface area contributed by atoms with Gasteiger partial charge in [-0.1, -0.05) is 13.8 Å². The summed E-state index contributed by atoms with van der Waals surface area (Å²) in [4.78, 5) is 0. The number of hydrogen-bond donors (Lipinski definition) is 0. The van der Waals surface area contributed by atoms with Crippen LogP contribution in [-0.2, 0) is 6.54 Å². The van der Waals surface area contributed by atoms with E-state index in [1.165, 1.54) is 6.07 Å². The third kappa shape index (κ3) is 1.65. The van der Waals surface area contributed by atoms with Crippen molar-refractivity contribution in [1.82, 2.24) is 9.78 Å². The van der Waals surface area contributed by atoms with Gasteiger partial charge in [0, 0.05) is 5.39 Å². The van der Waals surface area contributed by atoms with E-state index in [1.807, 2.05) is 19.9 Å². The predicted molar refractivity (Wildman–Crippen MR) is 59.4 cm³/mol. The standard InChI is InChI=1S/C12H12FN3/c1-8(2)10-6-12-9(5-11(10)13)7-15-16(12)4-3-14/h5-8H,4H2,1-2H3. The van der Waals surface area contributed by atoms with E-state index in [1.54, 1.807) is 16.9 Å². The van der Waals surface area contributed by atoms with E-state index >= 15 is 0 Å². The fraction of sp³-hybridized carbons (Fsp3) is 0.333. The predicted octanol–water partition coefficient (Wildman–Crippen LogP) is 2.82. The van der Waals surface area contributed by atoms with Crippen molar-refractivity contribution in [2.24, 2.45) is 0 Å². The molecule has 0 aliphatic carbocycles. The maximum Gasteiger partial charge on any atom is 0.128 e. The molecule has 0 fully saturated rings. The quantitative estimate of drug-likeness (QED) is 0.776. The summed E-state index contributed by atoms with van der Waals surface area (Å²) in [6.07, 6.45) is 1.58. The molecule has 2 rings (SSSR count). The van der Waals surface area contributed by atoms with Gasteiger partial charge in [0.2, 0.25) is 0 Å². The molecule has 1 aromatic carbocycles. The van der Waals surface area contributed by atoms with Crippen LogP contribution in [0.25, 0.3) is 10.9 Å². The van der Waals surface area contributed by atoms with Gasteiger partial charge < -0.3 is 0 Å². The molecule has 0 saturated carbocycles. The summed E-state index contributed by atoms with van der Waals surface area (Å²) in [5.41, 5.74) is 1.47. The summed E-state index contributed by atoms with van der Waals surface area (Å²) < 4.78 is 15.2. The number of aromatic nitrogens is 2. The Morgan fingerprint density at radius 2 is 2.25 bits per heavy atom. The van der Waals surface area contributed by atoms with Crippen molar-refractivity contribution in [3.05, 3.63) is 29.7 Å². The molecule has 0 amide bonds. The number of nitriles is 1. The molecule has 0 unspecified atom stereocenters. The van der Waals surface area contributed by atoms with Crippen LogP contribution in [-0.4, -0.2) is 9.78 Å². The second-order valence-corrected chi connectivity index (χ2v) is 4.05. The van der Waals surface area contributed by atoms with Gasteiger partial charge in [0.05, 0.1) is 17.8 Å². The number of benzene rings is 1. The van der Waals surface area contributed by atoms with Crippen LogP contribution in [0, 0.1) is 17.1 Å². The highest BCUT2D eigenvalue weighted by Crippen LogP contribution is 2.24. The fourth-order valence-electron chi connectivity index (χ4n) is 1.75. The SMILES string of the molecule is CC(C)c1cc2c(cnn2CC#N)cc1F. The first-order valence-electron chi connectivity index (χ1n) is 5.15. The molecule has 16 heavy (non-hydrogen) atoms. The maximum absolute atomic E-state index is 13.7. The van der Waals surface area contributed by atoms with Crippen molar-refractivity contribution in [3.63, 3.8) is 0 Å². The maximum atomic E-state index is 13.7. The van der Waals surface area contributed by atoms with Crippen molar-refractivity contribution < 1.29 is 4.39 Å². The van der Waals surface area contributed by atoms with Crippen LogP contribution in [0.2, 0.25) is 0 Å². The Hall–Kier alpha value is -1.89. The highest BCUT2D eigenvalue weighted by atomic mass is 19.1. The molecule has 1 aromatic heterocycles. The molecule has 2 aromatic rings. The summed E-state index contributed by atoms with van der Waals surface area (Å²) in [6, 6.07) is 5.29. The highest BCUT2D eigenvalue weighted by Gasteiger charge is 2.11. The second kappa shape index (κ2) is 3.93. The van der Waals surface area contributed by atoms with Gasteiger partial charge >= 0.3 is 0 Å². The molecule has 1 heterocycles. The Morgan fingerprint density at radius 3 is 2.88 bits per heavy atom. The van der Waals surface area contributed by atoms with Gasteiger partial charge in [0.15, 0.2) is 0 Å². The number of rotatable bonds is 2. The van der Waals surface area contributed by atoms with Crippen molar-refractivity contribution in [2.75, 3.05) is 0 Å². The van der Waals surface area contributed by atoms with E-state index in [2.05, 4.69) is 5.10 Å². The zero-order chi connectivity index (χ0) is 11.7. The van der Waals surface area contributed by atoms with E-state index in [0.717, 1.165) is 10.9 Å². The zero-order valence-corrected chi connectivity index (χ0v) is 9.24. The summed E-state index contributed by atoms with van der Waals surface area (Å²) in [6.45, 7) is 4.07. The van der Waals surface area contributed by atoms with E-state index < -0.39 is 0 Å². The minimum absolute atomic E-state index is 0.120. The van der Waals surface area contributed by atoms with Gasteiger partial charge in [-0.25, -0.2) is 4.39 Å². The summed E-state index contributed by atoms with van der Waals surface area (Å²) in [5, 5.41) is 13.4. The van der Waals surface area contributed by atoms with Gasteiger partial charge in [0.25, 0.3) is 0 Å². The zero-order valence-electron chi connectivity index (χ0n) is 9.24. The molecule has 0 saturated heterocycles. The van der Waals surface area contributed by atoms with E-state index in [0.29, 0.717) is 5.56 Å². The van der Waals surface area contributed by atoms with Crippen LogP contribution < -0.4 is 0 Å². The Labute approximate surface area is 93.1 Å². The summed E-state index contributed by atoms with van der Waals surface area (Å²) in [5.74, 6) is -0.0890. The van der Waals surface area contributed by atoms with Crippen molar-refractivity contribution in [3.8, 4) is 6.07 Å². The molecule has 0 bridgehead atoms. The van der Waals surface area contributed by atoms with Crippen LogP contribution in [0.4, 0.5) is 4.39 Å². The second-order valence-electron chi connectivity index (χ2n) is 4.05. The summed E-state index contributed by atoms with van der Waals surface area (Å²) in [7, 11) is 0. The van der Waals surface area contributed by atoms with Crippen molar-refractivity contribution >= 4 is 10.9 Å². The molecule has 0 radical (unpaired) electrons. The average molecular weight is 217 g/mol. The normalized spacial score (nSPS) is 10.9. The molecular formula is C12H12FN3. The van der Waals surface area contributed by atoms with Crippen LogP contribution in [0.5, 0.6) is 0 Å². The molecule has 0 aliphatic heterocycles. The first-order chi connectivity index (χ1) is 7.63. The van der Waals surface area contributed by atoms with Gasteiger partial charge in [0.1, 0.15) is 12.4 Å². The topological polar surface area (TPSA) is 41.6 Å². The van der Waals surface area contributed by atoms with Gasteiger partial charge in [-0.3, -0.25) is 4.68 Å². The van der Waals surface area contributed by atoms with Gasteiger partial charge in [-0.2, -0.15) is 10.4 Å². The highest BCUT2D eigenvalue weighted by molar-refractivity contribution is 5.79. The molecule has 4 heteroatoms. The Morgan fingerprint density at radius 1 is 1.50 bits per heavy atom. The third-order valence-electron chi connectivity index (χ3n) is 2.60. The van der Waals surface area contributed by atoms with Crippen LogP contribution in [0.3, 0.4) is 0 Å². The van der Waals surface area contributed by atoms with E-state index in [9.17, 15) is 4.39 Å². The molecule has 0 spiro atoms. The number of nitrogens with zero attached hydrogens (tertiary/aromatic N) is 3. The molecular weight excluding hydrogens is 205 g/mol. The van der Waals surface area contributed by atoms with Crippen LogP contribution >= 0.6 is 0 Å². The Kier molecular flexibility index (Phi) is 2.61. The van der Waals surface area contributed by atoms with Crippen LogP contribution in [0.15, 0.2) is 18.3 Å². The lowest BCUT2D eigenvalue weighted by Crippen LogP contribution is -1.99. The molecule has 0 atom stereocenters. The molecule has 0 N–H and O–H groups in total. The Bertz CT molecular complexity index is 563. The van der Waals surface area contributed by atoms with Crippen LogP contribution in [0.1, 0.15) is 25.3 Å². The lowest BCUT2D eigenvalue weighted by atomic mass is 10.0. The molecule has 82 valence electrons. The van der Waals surface area contributed by atoms with Crippen molar-refractivity contribution in [1.29, 1.82) is 5.26 Å². The first kappa shape index (κ1) is 10.6. The molecule has 3 nitrogen and oxygen atoms in total. The number of hydrogen-bond acceptors (Lipinski definition) is 2. The monoisotopic (exact) mass is 217 g/mol. The van der Waals surface area contributed by atoms with E-state index in [-0.39, 0.29) is 18.3 Å².